The molecule has 3 aliphatic rings. The standard InChI is InChI=1S/C31H31ClN8O3S2/c32-22-7-3-21(4-8-22)30-37-23(18-44-30)19-45-31-26(16-34)28(25(15-33)29(38-31)40-11-1-2-12-40)20-5-9-24(10-6-20)42-13-14-43-27(41)17-36-39-35/h3,5-10,18,21,31,38H,1-2,4,11-14,17,19H2,(H2,35,36). The molecule has 2 aliphatic heterocycles. The molecule has 0 bridgehead atoms. The van der Waals surface area contributed by atoms with Crippen LogP contribution in [0.2, 0.25) is 0 Å². The van der Waals surface area contributed by atoms with E-state index in [1.165, 1.54) is 0 Å². The van der Waals surface area contributed by atoms with Gasteiger partial charge in [0.1, 0.15) is 46.8 Å². The van der Waals surface area contributed by atoms with Crippen LogP contribution < -0.4 is 15.9 Å². The third-order valence-corrected chi connectivity index (χ3v) is 9.77. The number of thiazole rings is 1. The highest BCUT2D eigenvalue weighted by Crippen LogP contribution is 2.40. The first-order valence-electron chi connectivity index (χ1n) is 14.4. The van der Waals surface area contributed by atoms with E-state index in [4.69, 9.17) is 31.9 Å². The lowest BCUT2D eigenvalue weighted by molar-refractivity contribution is -0.142. The van der Waals surface area contributed by atoms with Gasteiger partial charge in [0.05, 0.1) is 17.3 Å². The SMILES string of the molecule is N#CC1=C(N2CCCC2)NC(SCc2csc(C3C=CC(Cl)=CC3)n2)C(C#N)=C1c1ccc(OCCOC(=O)CN=NN)cc1. The zero-order valence-corrected chi connectivity index (χ0v) is 26.7. The van der Waals surface area contributed by atoms with Crippen LogP contribution in [0.4, 0.5) is 0 Å². The Hall–Kier alpha value is -4.30. The van der Waals surface area contributed by atoms with Gasteiger partial charge in [-0.2, -0.15) is 15.6 Å². The Balaban J connectivity index is 1.33. The molecule has 5 rings (SSSR count). The van der Waals surface area contributed by atoms with Crippen LogP contribution in [-0.2, 0) is 15.3 Å². The molecule has 11 nitrogen and oxygen atoms in total. The van der Waals surface area contributed by atoms with Gasteiger partial charge in [-0.1, -0.05) is 41.1 Å². The fraction of sp³-hybridized carbons (Fsp3) is 0.355. The van der Waals surface area contributed by atoms with Gasteiger partial charge in [0.15, 0.2) is 6.54 Å². The molecular weight excluding hydrogens is 632 g/mol. The number of ether oxygens (including phenoxy) is 2. The number of esters is 1. The van der Waals surface area contributed by atoms with E-state index >= 15 is 0 Å². The van der Waals surface area contributed by atoms with Crippen molar-refractivity contribution >= 4 is 46.2 Å². The Bertz CT molecular complexity index is 1630. The molecule has 0 spiro atoms. The van der Waals surface area contributed by atoms with E-state index in [0.717, 1.165) is 59.5 Å². The summed E-state index contributed by atoms with van der Waals surface area (Å²) in [5.74, 6) is 6.46. The number of nitrogens with two attached hydrogens (primary N) is 1. The van der Waals surface area contributed by atoms with Gasteiger partial charge >= 0.3 is 5.97 Å². The predicted octanol–water partition coefficient (Wildman–Crippen LogP) is 5.53. The van der Waals surface area contributed by atoms with Gasteiger partial charge in [-0.05, 0) is 43.0 Å². The van der Waals surface area contributed by atoms with Crippen molar-refractivity contribution in [2.24, 2.45) is 16.2 Å². The Labute approximate surface area is 274 Å². The summed E-state index contributed by atoms with van der Waals surface area (Å²) in [5.41, 5.74) is 3.24. The number of carbonyl (C=O) groups is 1. The predicted molar refractivity (Wildman–Crippen MR) is 174 cm³/mol. The van der Waals surface area contributed by atoms with Crippen LogP contribution in [0.1, 0.15) is 41.4 Å². The van der Waals surface area contributed by atoms with E-state index in [-0.39, 0.29) is 31.1 Å². The average Bonchev–Trinajstić information content (AvgIpc) is 3.78. The highest BCUT2D eigenvalue weighted by molar-refractivity contribution is 7.99. The summed E-state index contributed by atoms with van der Waals surface area (Å²) in [5, 5.41) is 34.2. The number of likely N-dealkylation sites (tertiary alicyclic amines) is 1. The van der Waals surface area contributed by atoms with Crippen LogP contribution in [0, 0.1) is 22.7 Å². The molecule has 1 aromatic heterocycles. The molecule has 14 heteroatoms. The minimum absolute atomic E-state index is 0.0404. The number of hydrogen-bond donors (Lipinski definition) is 2. The third-order valence-electron chi connectivity index (χ3n) is 7.32. The van der Waals surface area contributed by atoms with Crippen molar-refractivity contribution in [3.8, 4) is 17.9 Å². The van der Waals surface area contributed by atoms with Crippen molar-refractivity contribution in [3.63, 3.8) is 0 Å². The van der Waals surface area contributed by atoms with Crippen molar-refractivity contribution in [1.82, 2.24) is 15.2 Å². The van der Waals surface area contributed by atoms with Crippen LogP contribution in [0.15, 0.2) is 80.2 Å². The van der Waals surface area contributed by atoms with E-state index in [1.807, 2.05) is 24.3 Å². The molecule has 232 valence electrons. The van der Waals surface area contributed by atoms with Crippen molar-refractivity contribution < 1.29 is 14.3 Å². The Morgan fingerprint density at radius 3 is 2.71 bits per heavy atom. The highest BCUT2D eigenvalue weighted by atomic mass is 35.5. The molecule has 45 heavy (non-hydrogen) atoms. The molecule has 1 aliphatic carbocycles. The second-order valence-electron chi connectivity index (χ2n) is 10.2. The van der Waals surface area contributed by atoms with Crippen molar-refractivity contribution in [1.29, 1.82) is 10.5 Å². The van der Waals surface area contributed by atoms with Crippen LogP contribution in [0.25, 0.3) is 5.57 Å². The minimum atomic E-state index is -0.554. The first-order valence-corrected chi connectivity index (χ1v) is 16.7. The van der Waals surface area contributed by atoms with Gasteiger partial charge in [0.25, 0.3) is 0 Å². The maximum absolute atomic E-state index is 11.5. The lowest BCUT2D eigenvalue weighted by Crippen LogP contribution is -2.40. The number of nitriles is 2. The van der Waals surface area contributed by atoms with E-state index in [2.05, 4.69) is 44.1 Å². The van der Waals surface area contributed by atoms with Gasteiger partial charge in [-0.3, -0.25) is 0 Å². The van der Waals surface area contributed by atoms with E-state index in [9.17, 15) is 15.3 Å². The van der Waals surface area contributed by atoms with Crippen LogP contribution in [-0.4, -0.2) is 54.1 Å². The molecule has 2 atom stereocenters. The second-order valence-corrected chi connectivity index (χ2v) is 12.7. The maximum Gasteiger partial charge on any atom is 0.329 e. The molecule has 3 N–H and O–H groups in total. The fourth-order valence-corrected chi connectivity index (χ4v) is 7.37. The number of dihydropyridines is 1. The number of rotatable bonds is 12. The molecule has 3 heterocycles. The lowest BCUT2D eigenvalue weighted by atomic mass is 9.91. The van der Waals surface area contributed by atoms with Crippen LogP contribution in [0.5, 0.6) is 5.75 Å². The van der Waals surface area contributed by atoms with Gasteiger partial charge in [0.2, 0.25) is 0 Å². The number of nitrogens with zero attached hydrogens (tertiary/aromatic N) is 6. The summed E-state index contributed by atoms with van der Waals surface area (Å²) in [7, 11) is 0. The number of thioether (sulfide) groups is 1. The quantitative estimate of drug-likeness (QED) is 0.0972. The normalized spacial score (nSPS) is 19.7. The van der Waals surface area contributed by atoms with Gasteiger partial charge < -0.3 is 25.5 Å². The average molecular weight is 663 g/mol. The first kappa shape index (κ1) is 32.1. The van der Waals surface area contributed by atoms with Crippen molar-refractivity contribution in [3.05, 3.63) is 86.1 Å². The maximum atomic E-state index is 11.5. The van der Waals surface area contributed by atoms with Crippen molar-refractivity contribution in [2.75, 3.05) is 32.8 Å². The first-order chi connectivity index (χ1) is 22.0. The fourth-order valence-electron chi connectivity index (χ4n) is 5.17. The third kappa shape index (κ3) is 8.05. The molecule has 0 amide bonds. The number of hydrogen-bond acceptors (Lipinski definition) is 12. The second kappa shape index (κ2) is 15.6. The number of benzene rings is 1. The molecule has 1 saturated heterocycles. The van der Waals surface area contributed by atoms with Crippen LogP contribution >= 0.6 is 34.7 Å². The van der Waals surface area contributed by atoms with E-state index in [1.54, 1.807) is 35.2 Å². The Kier molecular flexibility index (Phi) is 11.1. The summed E-state index contributed by atoms with van der Waals surface area (Å²) in [6.07, 6.45) is 8.92. The monoisotopic (exact) mass is 662 g/mol. The molecule has 1 aromatic carbocycles. The topological polar surface area (TPSA) is 162 Å². The number of halogens is 1. The summed E-state index contributed by atoms with van der Waals surface area (Å²) in [6, 6.07) is 12.0. The molecule has 2 aromatic rings. The summed E-state index contributed by atoms with van der Waals surface area (Å²) >= 11 is 9.31. The van der Waals surface area contributed by atoms with Gasteiger partial charge in [-0.15, -0.1) is 23.1 Å². The molecule has 0 saturated carbocycles. The van der Waals surface area contributed by atoms with Gasteiger partial charge in [0, 0.05) is 40.7 Å². The van der Waals surface area contributed by atoms with Gasteiger partial charge in [-0.25, -0.2) is 9.78 Å². The number of allylic oxidation sites excluding steroid dienone is 6. The number of nitrogens with one attached hydrogen (secondary N) is 1. The van der Waals surface area contributed by atoms with E-state index < -0.39 is 5.97 Å². The molecule has 2 unspecified atom stereocenters. The Morgan fingerprint density at radius 1 is 1.22 bits per heavy atom. The molecule has 0 radical (unpaired) electrons. The molecular formula is C31H31ClN8O3S2. The number of carbonyl (C=O) groups excluding carboxylic acids is 1. The summed E-state index contributed by atoms with van der Waals surface area (Å²) in [4.78, 5) is 18.6. The van der Waals surface area contributed by atoms with E-state index in [0.29, 0.717) is 28.2 Å². The highest BCUT2D eigenvalue weighted by Gasteiger charge is 2.34. The van der Waals surface area contributed by atoms with Crippen LogP contribution in [0.3, 0.4) is 0 Å². The number of aromatic nitrogens is 1. The Morgan fingerprint density at radius 2 is 2.02 bits per heavy atom. The largest absolute Gasteiger partial charge is 0.490 e. The lowest BCUT2D eigenvalue weighted by Gasteiger charge is -2.33. The summed E-state index contributed by atoms with van der Waals surface area (Å²) < 4.78 is 10.7. The summed E-state index contributed by atoms with van der Waals surface area (Å²) in [6.45, 7) is 1.62. The van der Waals surface area contributed by atoms with Crippen molar-refractivity contribution in [2.45, 2.75) is 36.3 Å². The minimum Gasteiger partial charge on any atom is -0.490 e. The zero-order valence-electron chi connectivity index (χ0n) is 24.3. The smallest absolute Gasteiger partial charge is 0.329 e. The molecule has 1 fully saturated rings. The zero-order chi connectivity index (χ0) is 31.6.